The number of amides is 1. The Bertz CT molecular complexity index is 472. The van der Waals surface area contributed by atoms with Crippen LogP contribution in [-0.4, -0.2) is 43.3 Å². The Hall–Kier alpha value is -1.75. The summed E-state index contributed by atoms with van der Waals surface area (Å²) in [5.41, 5.74) is 0.529. The fourth-order valence-corrected chi connectivity index (χ4v) is 2.38. The van der Waals surface area contributed by atoms with E-state index in [4.69, 9.17) is 9.47 Å². The molecular formula is C15H22N2O3. The maximum absolute atomic E-state index is 12.4. The van der Waals surface area contributed by atoms with Crippen LogP contribution in [0.3, 0.4) is 0 Å². The average molecular weight is 278 g/mol. The van der Waals surface area contributed by atoms with E-state index in [1.807, 2.05) is 19.1 Å². The van der Waals surface area contributed by atoms with Crippen LogP contribution in [0.1, 0.15) is 31.1 Å². The monoisotopic (exact) mass is 278 g/mol. The molecule has 110 valence electrons. The van der Waals surface area contributed by atoms with Crippen molar-refractivity contribution in [2.24, 2.45) is 0 Å². The van der Waals surface area contributed by atoms with Crippen molar-refractivity contribution in [3.05, 3.63) is 23.8 Å². The molecule has 2 rings (SSSR count). The van der Waals surface area contributed by atoms with Gasteiger partial charge in [0.15, 0.2) is 11.5 Å². The first-order valence-electron chi connectivity index (χ1n) is 7.10. The minimum atomic E-state index is -0.133. The lowest BCUT2D eigenvalue weighted by molar-refractivity contribution is 0.0864. The van der Waals surface area contributed by atoms with Gasteiger partial charge in [0, 0.05) is 0 Å². The maximum atomic E-state index is 12.4. The highest BCUT2D eigenvalue weighted by atomic mass is 16.6. The fraction of sp³-hybridized carbons (Fsp3) is 0.533. The van der Waals surface area contributed by atoms with Crippen molar-refractivity contribution in [1.82, 2.24) is 10.2 Å². The van der Waals surface area contributed by atoms with Gasteiger partial charge in [-0.1, -0.05) is 19.9 Å². The Morgan fingerprint density at radius 3 is 2.70 bits per heavy atom. The number of carbonyl (C=O) groups is 1. The van der Waals surface area contributed by atoms with Gasteiger partial charge in [0.1, 0.15) is 13.2 Å². The Morgan fingerprint density at radius 1 is 1.30 bits per heavy atom. The first-order valence-corrected chi connectivity index (χ1v) is 7.10. The number of fused-ring (bicyclic) bond motifs is 1. The number of hydrogen-bond acceptors (Lipinski definition) is 4. The lowest BCUT2D eigenvalue weighted by atomic mass is 10.1. The standard InChI is InChI=1S/C15H22N2O3/c1-4-17(5-2)11(3)16-15(18)12-7-6-8-13-14(12)20-10-9-19-13/h6-8,11H,4-5,9-10H2,1-3H3,(H,16,18). The number of ether oxygens (including phenoxy) is 2. The zero-order valence-corrected chi connectivity index (χ0v) is 12.3. The van der Waals surface area contributed by atoms with E-state index in [9.17, 15) is 4.79 Å². The molecule has 1 unspecified atom stereocenters. The van der Waals surface area contributed by atoms with Gasteiger partial charge in [0.25, 0.3) is 5.91 Å². The summed E-state index contributed by atoms with van der Waals surface area (Å²) in [6, 6.07) is 5.39. The molecule has 1 atom stereocenters. The van der Waals surface area contributed by atoms with E-state index in [-0.39, 0.29) is 12.1 Å². The van der Waals surface area contributed by atoms with Gasteiger partial charge < -0.3 is 14.8 Å². The lowest BCUT2D eigenvalue weighted by Gasteiger charge is -2.27. The number of hydrogen-bond donors (Lipinski definition) is 1. The zero-order valence-electron chi connectivity index (χ0n) is 12.3. The molecule has 5 nitrogen and oxygen atoms in total. The molecule has 1 N–H and O–H groups in total. The van der Waals surface area contributed by atoms with Crippen LogP contribution in [0, 0.1) is 0 Å². The molecule has 1 aromatic carbocycles. The Labute approximate surface area is 119 Å². The summed E-state index contributed by atoms with van der Waals surface area (Å²) in [4.78, 5) is 14.6. The lowest BCUT2D eigenvalue weighted by Crippen LogP contribution is -2.46. The molecular weight excluding hydrogens is 256 g/mol. The molecule has 1 amide bonds. The quantitative estimate of drug-likeness (QED) is 0.836. The molecule has 0 radical (unpaired) electrons. The fourth-order valence-electron chi connectivity index (χ4n) is 2.38. The molecule has 1 aliphatic heterocycles. The van der Waals surface area contributed by atoms with Gasteiger partial charge in [0.05, 0.1) is 11.7 Å². The molecule has 0 saturated carbocycles. The summed E-state index contributed by atoms with van der Waals surface area (Å²) in [6.07, 6.45) is -0.0159. The third-order valence-corrected chi connectivity index (χ3v) is 3.51. The van der Waals surface area contributed by atoms with Crippen LogP contribution < -0.4 is 14.8 Å². The first-order chi connectivity index (χ1) is 9.67. The molecule has 20 heavy (non-hydrogen) atoms. The zero-order chi connectivity index (χ0) is 14.5. The maximum Gasteiger partial charge on any atom is 0.256 e. The second-order valence-electron chi connectivity index (χ2n) is 4.70. The van der Waals surface area contributed by atoms with Gasteiger partial charge in [-0.2, -0.15) is 0 Å². The highest BCUT2D eigenvalue weighted by molar-refractivity contribution is 5.98. The summed E-state index contributed by atoms with van der Waals surface area (Å²) < 4.78 is 11.1. The summed E-state index contributed by atoms with van der Waals surface area (Å²) >= 11 is 0. The van der Waals surface area contributed by atoms with Gasteiger partial charge >= 0.3 is 0 Å². The number of para-hydroxylation sites is 1. The van der Waals surface area contributed by atoms with Crippen LogP contribution >= 0.6 is 0 Å². The van der Waals surface area contributed by atoms with Crippen molar-refractivity contribution in [3.63, 3.8) is 0 Å². The molecule has 0 fully saturated rings. The number of benzene rings is 1. The van der Waals surface area contributed by atoms with Crippen molar-refractivity contribution in [1.29, 1.82) is 0 Å². The van der Waals surface area contributed by atoms with Crippen LogP contribution in [0.25, 0.3) is 0 Å². The van der Waals surface area contributed by atoms with Crippen molar-refractivity contribution in [3.8, 4) is 11.5 Å². The number of carbonyl (C=O) groups excluding carboxylic acids is 1. The largest absolute Gasteiger partial charge is 0.486 e. The molecule has 5 heteroatoms. The molecule has 0 spiro atoms. The Morgan fingerprint density at radius 2 is 2.00 bits per heavy atom. The van der Waals surface area contributed by atoms with Crippen LogP contribution in [0.2, 0.25) is 0 Å². The van der Waals surface area contributed by atoms with E-state index >= 15 is 0 Å². The van der Waals surface area contributed by atoms with Crippen molar-refractivity contribution >= 4 is 5.91 Å². The molecule has 1 aliphatic rings. The third-order valence-electron chi connectivity index (χ3n) is 3.51. The van der Waals surface area contributed by atoms with Gasteiger partial charge in [-0.15, -0.1) is 0 Å². The normalized spacial score (nSPS) is 15.0. The predicted octanol–water partition coefficient (Wildman–Crippen LogP) is 1.88. The highest BCUT2D eigenvalue weighted by Gasteiger charge is 2.22. The van der Waals surface area contributed by atoms with Gasteiger partial charge in [-0.25, -0.2) is 0 Å². The average Bonchev–Trinajstić information content (AvgIpc) is 2.47. The molecule has 0 aliphatic carbocycles. The van der Waals surface area contributed by atoms with E-state index in [0.29, 0.717) is 30.3 Å². The van der Waals surface area contributed by atoms with E-state index in [1.165, 1.54) is 0 Å². The number of rotatable bonds is 5. The second-order valence-corrected chi connectivity index (χ2v) is 4.70. The SMILES string of the molecule is CCN(CC)C(C)NC(=O)c1cccc2c1OCCO2. The highest BCUT2D eigenvalue weighted by Crippen LogP contribution is 2.33. The summed E-state index contributed by atoms with van der Waals surface area (Å²) in [5.74, 6) is 1.05. The van der Waals surface area contributed by atoms with E-state index in [2.05, 4.69) is 24.1 Å². The molecule has 0 bridgehead atoms. The summed E-state index contributed by atoms with van der Waals surface area (Å²) in [7, 11) is 0. The smallest absolute Gasteiger partial charge is 0.256 e. The molecule has 1 aromatic rings. The van der Waals surface area contributed by atoms with Gasteiger partial charge in [-0.3, -0.25) is 9.69 Å². The molecule has 0 saturated heterocycles. The van der Waals surface area contributed by atoms with Gasteiger partial charge in [0.2, 0.25) is 0 Å². The third kappa shape index (κ3) is 3.04. The number of nitrogens with one attached hydrogen (secondary N) is 1. The van der Waals surface area contributed by atoms with Gasteiger partial charge in [-0.05, 0) is 32.1 Å². The minimum absolute atomic E-state index is 0.0159. The minimum Gasteiger partial charge on any atom is -0.486 e. The second kappa shape index (κ2) is 6.61. The van der Waals surface area contributed by atoms with Crippen LogP contribution in [-0.2, 0) is 0 Å². The molecule has 1 heterocycles. The number of nitrogens with zero attached hydrogens (tertiary/aromatic N) is 1. The van der Waals surface area contributed by atoms with Crippen molar-refractivity contribution in [2.45, 2.75) is 26.9 Å². The van der Waals surface area contributed by atoms with E-state index in [1.54, 1.807) is 6.07 Å². The first kappa shape index (κ1) is 14.7. The predicted molar refractivity (Wildman–Crippen MR) is 77.3 cm³/mol. The van der Waals surface area contributed by atoms with E-state index in [0.717, 1.165) is 13.1 Å². The van der Waals surface area contributed by atoms with Crippen molar-refractivity contribution < 1.29 is 14.3 Å². The Kier molecular flexibility index (Phi) is 4.84. The van der Waals surface area contributed by atoms with Crippen molar-refractivity contribution in [2.75, 3.05) is 26.3 Å². The summed E-state index contributed by atoms with van der Waals surface area (Å²) in [5, 5.41) is 3.00. The Balaban J connectivity index is 2.13. The summed E-state index contributed by atoms with van der Waals surface area (Å²) in [6.45, 7) is 8.92. The van der Waals surface area contributed by atoms with E-state index < -0.39 is 0 Å². The topological polar surface area (TPSA) is 50.8 Å². The van der Waals surface area contributed by atoms with Crippen LogP contribution in [0.4, 0.5) is 0 Å². The molecule has 0 aromatic heterocycles. The van der Waals surface area contributed by atoms with Crippen LogP contribution in [0.15, 0.2) is 18.2 Å². The van der Waals surface area contributed by atoms with Crippen LogP contribution in [0.5, 0.6) is 11.5 Å².